The van der Waals surface area contributed by atoms with Crippen LogP contribution in [-0.4, -0.2) is 39.4 Å². The van der Waals surface area contributed by atoms with Crippen molar-refractivity contribution in [2.45, 2.75) is 17.8 Å². The van der Waals surface area contributed by atoms with Crippen LogP contribution in [0.5, 0.6) is 0 Å². The highest BCUT2D eigenvalue weighted by Gasteiger charge is 2.41. The van der Waals surface area contributed by atoms with E-state index in [9.17, 15) is 14.7 Å². The van der Waals surface area contributed by atoms with Crippen molar-refractivity contribution in [1.29, 1.82) is 5.26 Å². The lowest BCUT2D eigenvalue weighted by Crippen LogP contribution is -2.43. The highest BCUT2D eigenvalue weighted by molar-refractivity contribution is 7.99. The van der Waals surface area contributed by atoms with Crippen LogP contribution in [-0.2, 0) is 9.59 Å². The predicted molar refractivity (Wildman–Crippen MR) is 83.1 cm³/mol. The van der Waals surface area contributed by atoms with Crippen molar-refractivity contribution < 1.29 is 14.7 Å². The standard InChI is InChI=1S/C14H14N2O3S2/c15-7-9-1-3-10(4-2-9)13-16(12(17)5-6-20)11(8-21-13)14(18)19/h1-4,11,13,20H,5-6,8H2,(H,18,19). The molecule has 2 rings (SSSR count). The molecule has 110 valence electrons. The Morgan fingerprint density at radius 1 is 1.43 bits per heavy atom. The van der Waals surface area contributed by atoms with Crippen molar-refractivity contribution in [3.8, 4) is 6.07 Å². The van der Waals surface area contributed by atoms with Gasteiger partial charge in [-0.1, -0.05) is 12.1 Å². The molecule has 0 spiro atoms. The average Bonchev–Trinajstić information content (AvgIpc) is 2.92. The number of amides is 1. The monoisotopic (exact) mass is 322 g/mol. The van der Waals surface area contributed by atoms with Gasteiger partial charge in [-0.05, 0) is 23.4 Å². The molecule has 5 nitrogen and oxygen atoms in total. The van der Waals surface area contributed by atoms with Gasteiger partial charge in [-0.3, -0.25) is 4.79 Å². The minimum atomic E-state index is -0.994. The van der Waals surface area contributed by atoms with Gasteiger partial charge in [-0.25, -0.2) is 4.79 Å². The van der Waals surface area contributed by atoms with Gasteiger partial charge in [-0.15, -0.1) is 11.8 Å². The van der Waals surface area contributed by atoms with Crippen LogP contribution in [0.1, 0.15) is 22.9 Å². The summed E-state index contributed by atoms with van der Waals surface area (Å²) in [4.78, 5) is 25.0. The zero-order valence-corrected chi connectivity index (χ0v) is 12.8. The molecule has 7 heteroatoms. The van der Waals surface area contributed by atoms with E-state index in [0.29, 0.717) is 17.1 Å². The molecular formula is C14H14N2O3S2. The van der Waals surface area contributed by atoms with E-state index in [4.69, 9.17) is 5.26 Å². The number of thioether (sulfide) groups is 1. The molecule has 2 atom stereocenters. The highest BCUT2D eigenvalue weighted by Crippen LogP contribution is 2.41. The Morgan fingerprint density at radius 2 is 2.10 bits per heavy atom. The first-order valence-electron chi connectivity index (χ1n) is 6.35. The molecule has 0 aliphatic carbocycles. The molecule has 0 bridgehead atoms. The first kappa shape index (κ1) is 15.7. The summed E-state index contributed by atoms with van der Waals surface area (Å²) in [7, 11) is 0. The summed E-state index contributed by atoms with van der Waals surface area (Å²) in [6.07, 6.45) is 0.209. The van der Waals surface area contributed by atoms with E-state index in [1.54, 1.807) is 24.3 Å². The summed E-state index contributed by atoms with van der Waals surface area (Å²) in [5.41, 5.74) is 1.36. The van der Waals surface area contributed by atoms with Gasteiger partial charge in [0.1, 0.15) is 11.4 Å². The Morgan fingerprint density at radius 3 is 2.62 bits per heavy atom. The molecule has 1 aromatic rings. The largest absolute Gasteiger partial charge is 0.480 e. The minimum Gasteiger partial charge on any atom is -0.480 e. The van der Waals surface area contributed by atoms with E-state index < -0.39 is 12.0 Å². The zero-order chi connectivity index (χ0) is 15.4. The zero-order valence-electron chi connectivity index (χ0n) is 11.1. The molecule has 1 saturated heterocycles. The van der Waals surface area contributed by atoms with Crippen molar-refractivity contribution in [3.63, 3.8) is 0 Å². The number of nitrogens with zero attached hydrogens (tertiary/aromatic N) is 2. The number of thiol groups is 1. The maximum Gasteiger partial charge on any atom is 0.327 e. The SMILES string of the molecule is N#Cc1ccc(C2SCC(C(=O)O)N2C(=O)CCS)cc1. The number of benzene rings is 1. The maximum atomic E-state index is 12.2. The van der Waals surface area contributed by atoms with Crippen LogP contribution >= 0.6 is 24.4 Å². The summed E-state index contributed by atoms with van der Waals surface area (Å²) in [5, 5.41) is 17.8. The van der Waals surface area contributed by atoms with Gasteiger partial charge < -0.3 is 10.0 Å². The molecule has 1 heterocycles. The Kier molecular flexibility index (Phi) is 5.15. The van der Waals surface area contributed by atoms with E-state index in [0.717, 1.165) is 5.56 Å². The number of hydrogen-bond donors (Lipinski definition) is 2. The topological polar surface area (TPSA) is 81.4 Å². The van der Waals surface area contributed by atoms with Crippen LogP contribution < -0.4 is 0 Å². The number of nitriles is 1. The number of aliphatic carboxylic acids is 1. The number of carboxylic acid groups (broad SMARTS) is 1. The van der Waals surface area contributed by atoms with Gasteiger partial charge in [0.25, 0.3) is 0 Å². The van der Waals surface area contributed by atoms with Crippen LogP contribution in [0.4, 0.5) is 0 Å². The quantitative estimate of drug-likeness (QED) is 0.828. The second-order valence-corrected chi connectivity index (χ2v) is 6.11. The fourth-order valence-electron chi connectivity index (χ4n) is 2.21. The molecule has 21 heavy (non-hydrogen) atoms. The van der Waals surface area contributed by atoms with Crippen LogP contribution in [0, 0.1) is 11.3 Å². The van der Waals surface area contributed by atoms with E-state index in [-0.39, 0.29) is 17.7 Å². The van der Waals surface area contributed by atoms with Crippen LogP contribution in [0.15, 0.2) is 24.3 Å². The third-order valence-corrected chi connectivity index (χ3v) is 4.77. The van der Waals surface area contributed by atoms with E-state index in [1.165, 1.54) is 16.7 Å². The van der Waals surface area contributed by atoms with Gasteiger partial charge in [0.2, 0.25) is 5.91 Å². The van der Waals surface area contributed by atoms with Gasteiger partial charge in [0.05, 0.1) is 11.6 Å². The first-order chi connectivity index (χ1) is 10.1. The lowest BCUT2D eigenvalue weighted by Gasteiger charge is -2.27. The molecule has 1 amide bonds. The fourth-order valence-corrected chi connectivity index (χ4v) is 3.84. The van der Waals surface area contributed by atoms with Crippen molar-refractivity contribution >= 4 is 36.3 Å². The second kappa shape index (κ2) is 6.87. The van der Waals surface area contributed by atoms with Crippen LogP contribution in [0.2, 0.25) is 0 Å². The Labute approximate surface area is 132 Å². The van der Waals surface area contributed by atoms with E-state index in [1.807, 2.05) is 6.07 Å². The first-order valence-corrected chi connectivity index (χ1v) is 8.03. The molecule has 0 saturated carbocycles. The molecule has 2 unspecified atom stereocenters. The molecule has 1 aliphatic rings. The molecule has 1 N–H and O–H groups in total. The van der Waals surface area contributed by atoms with Gasteiger partial charge >= 0.3 is 5.97 Å². The molecule has 0 radical (unpaired) electrons. The third kappa shape index (κ3) is 3.34. The smallest absolute Gasteiger partial charge is 0.327 e. The lowest BCUT2D eigenvalue weighted by atomic mass is 10.1. The predicted octanol–water partition coefficient (Wildman–Crippen LogP) is 1.91. The summed E-state index contributed by atoms with van der Waals surface area (Å²) in [6.45, 7) is 0. The molecular weight excluding hydrogens is 308 g/mol. The Balaban J connectivity index is 2.29. The summed E-state index contributed by atoms with van der Waals surface area (Å²) >= 11 is 5.46. The summed E-state index contributed by atoms with van der Waals surface area (Å²) < 4.78 is 0. The van der Waals surface area contributed by atoms with Crippen LogP contribution in [0.3, 0.4) is 0 Å². The molecule has 1 aromatic carbocycles. The molecule has 1 aliphatic heterocycles. The van der Waals surface area contributed by atoms with Crippen molar-refractivity contribution in [2.75, 3.05) is 11.5 Å². The average molecular weight is 322 g/mol. The van der Waals surface area contributed by atoms with Crippen LogP contribution in [0.25, 0.3) is 0 Å². The fraction of sp³-hybridized carbons (Fsp3) is 0.357. The number of carbonyl (C=O) groups excluding carboxylic acids is 1. The Bertz CT molecular complexity index is 583. The minimum absolute atomic E-state index is 0.209. The van der Waals surface area contributed by atoms with Gasteiger partial charge in [0.15, 0.2) is 0 Å². The number of hydrogen-bond acceptors (Lipinski definition) is 5. The number of carbonyl (C=O) groups is 2. The lowest BCUT2D eigenvalue weighted by molar-refractivity contribution is -0.149. The highest BCUT2D eigenvalue weighted by atomic mass is 32.2. The van der Waals surface area contributed by atoms with E-state index >= 15 is 0 Å². The van der Waals surface area contributed by atoms with Crippen molar-refractivity contribution in [1.82, 2.24) is 4.90 Å². The summed E-state index contributed by atoms with van der Waals surface area (Å²) in [6, 6.07) is 8.09. The van der Waals surface area contributed by atoms with Crippen molar-refractivity contribution in [2.24, 2.45) is 0 Å². The van der Waals surface area contributed by atoms with Gasteiger partial charge in [0, 0.05) is 12.2 Å². The maximum absolute atomic E-state index is 12.2. The normalized spacial score (nSPS) is 21.0. The van der Waals surface area contributed by atoms with Gasteiger partial charge in [-0.2, -0.15) is 17.9 Å². The number of rotatable bonds is 4. The number of carboxylic acids is 1. The second-order valence-electron chi connectivity index (χ2n) is 4.55. The Hall–Kier alpha value is -1.65. The van der Waals surface area contributed by atoms with E-state index in [2.05, 4.69) is 12.6 Å². The van der Waals surface area contributed by atoms with Crippen molar-refractivity contribution in [3.05, 3.63) is 35.4 Å². The molecule has 0 aromatic heterocycles. The summed E-state index contributed by atoms with van der Waals surface area (Å²) in [5.74, 6) is -0.465. The molecule has 1 fully saturated rings. The third-order valence-electron chi connectivity index (χ3n) is 3.22.